The van der Waals surface area contributed by atoms with Crippen LogP contribution in [0.5, 0.6) is 0 Å². The van der Waals surface area contributed by atoms with Crippen molar-refractivity contribution >= 4 is 5.91 Å². The molecule has 0 bridgehead atoms. The van der Waals surface area contributed by atoms with Gasteiger partial charge in [-0.2, -0.15) is 0 Å². The summed E-state index contributed by atoms with van der Waals surface area (Å²) in [4.78, 5) is 19.2. The number of nitrogens with zero attached hydrogens (tertiary/aromatic N) is 3. The van der Waals surface area contributed by atoms with Gasteiger partial charge in [-0.15, -0.1) is 0 Å². The van der Waals surface area contributed by atoms with Crippen molar-refractivity contribution in [2.75, 3.05) is 54.4 Å². The van der Waals surface area contributed by atoms with Crippen LogP contribution in [0.15, 0.2) is 0 Å². The van der Waals surface area contributed by atoms with Crippen molar-refractivity contribution < 1.29 is 4.79 Å². The Kier molecular flexibility index (Phi) is 22.1. The molecular formula is C27H57N3O. The van der Waals surface area contributed by atoms with Crippen molar-refractivity contribution in [3.8, 4) is 0 Å². The molecule has 4 heteroatoms. The van der Waals surface area contributed by atoms with E-state index in [1.54, 1.807) is 0 Å². The SMILES string of the molecule is CCCCCCCCCCCCCCCCC(=O)N(CCCN(C)C)CCCN(C)C. The lowest BCUT2D eigenvalue weighted by Gasteiger charge is -2.24. The van der Waals surface area contributed by atoms with Crippen LogP contribution in [0.4, 0.5) is 0 Å². The number of hydrogen-bond donors (Lipinski definition) is 0. The van der Waals surface area contributed by atoms with Crippen LogP contribution in [0.3, 0.4) is 0 Å². The Morgan fingerprint density at radius 1 is 0.484 bits per heavy atom. The van der Waals surface area contributed by atoms with E-state index >= 15 is 0 Å². The average molecular weight is 440 g/mol. The van der Waals surface area contributed by atoms with E-state index < -0.39 is 0 Å². The van der Waals surface area contributed by atoms with Gasteiger partial charge in [0.05, 0.1) is 0 Å². The fourth-order valence-electron chi connectivity index (χ4n) is 4.15. The number of unbranched alkanes of at least 4 members (excludes halogenated alkanes) is 13. The van der Waals surface area contributed by atoms with Crippen LogP contribution in [0, 0.1) is 0 Å². The van der Waals surface area contributed by atoms with Crippen molar-refractivity contribution in [3.63, 3.8) is 0 Å². The molecule has 0 radical (unpaired) electrons. The smallest absolute Gasteiger partial charge is 0.222 e. The Morgan fingerprint density at radius 3 is 1.19 bits per heavy atom. The highest BCUT2D eigenvalue weighted by molar-refractivity contribution is 5.76. The van der Waals surface area contributed by atoms with E-state index in [0.717, 1.165) is 51.9 Å². The van der Waals surface area contributed by atoms with Gasteiger partial charge in [-0.1, -0.05) is 90.4 Å². The summed E-state index contributed by atoms with van der Waals surface area (Å²) in [6.45, 7) is 6.20. The molecule has 0 rings (SSSR count). The molecule has 0 aromatic heterocycles. The van der Waals surface area contributed by atoms with Crippen LogP contribution in [-0.4, -0.2) is 75.0 Å². The predicted octanol–water partition coefficient (Wildman–Crippen LogP) is 6.59. The third-order valence-electron chi connectivity index (χ3n) is 6.16. The molecule has 31 heavy (non-hydrogen) atoms. The topological polar surface area (TPSA) is 26.8 Å². The Morgan fingerprint density at radius 2 is 0.839 bits per heavy atom. The zero-order valence-electron chi connectivity index (χ0n) is 22.1. The molecule has 0 aliphatic carbocycles. The number of rotatable bonds is 23. The lowest BCUT2D eigenvalue weighted by molar-refractivity contribution is -0.131. The second-order valence-electron chi connectivity index (χ2n) is 10.0. The van der Waals surface area contributed by atoms with Crippen LogP contribution < -0.4 is 0 Å². The van der Waals surface area contributed by atoms with Gasteiger partial charge in [-0.3, -0.25) is 4.79 Å². The summed E-state index contributed by atoms with van der Waals surface area (Å²) < 4.78 is 0. The Bertz CT molecular complexity index is 371. The zero-order valence-corrected chi connectivity index (χ0v) is 22.1. The molecule has 0 aliphatic rings. The van der Waals surface area contributed by atoms with E-state index in [-0.39, 0.29) is 0 Å². The first kappa shape index (κ1) is 30.4. The number of amides is 1. The average Bonchev–Trinajstić information content (AvgIpc) is 2.72. The summed E-state index contributed by atoms with van der Waals surface area (Å²) in [7, 11) is 8.42. The van der Waals surface area contributed by atoms with Crippen molar-refractivity contribution in [3.05, 3.63) is 0 Å². The van der Waals surface area contributed by atoms with Gasteiger partial charge in [0.1, 0.15) is 0 Å². The minimum atomic E-state index is 0.372. The lowest BCUT2D eigenvalue weighted by atomic mass is 10.0. The molecule has 0 fully saturated rings. The van der Waals surface area contributed by atoms with Gasteiger partial charge >= 0.3 is 0 Å². The minimum Gasteiger partial charge on any atom is -0.343 e. The predicted molar refractivity (Wildman–Crippen MR) is 138 cm³/mol. The molecular weight excluding hydrogens is 382 g/mol. The fraction of sp³-hybridized carbons (Fsp3) is 0.963. The molecule has 186 valence electrons. The highest BCUT2D eigenvalue weighted by Gasteiger charge is 2.13. The number of hydrogen-bond acceptors (Lipinski definition) is 3. The standard InChI is InChI=1S/C27H57N3O/c1-6-7-8-9-10-11-12-13-14-15-16-17-18-19-22-27(31)30(25-20-23-28(2)3)26-21-24-29(4)5/h6-26H2,1-5H3. The summed E-state index contributed by atoms with van der Waals surface area (Å²) >= 11 is 0. The molecule has 4 nitrogen and oxygen atoms in total. The van der Waals surface area contributed by atoms with Gasteiger partial charge in [-0.05, 0) is 60.5 Å². The second-order valence-corrected chi connectivity index (χ2v) is 10.0. The van der Waals surface area contributed by atoms with Gasteiger partial charge in [0.15, 0.2) is 0 Å². The van der Waals surface area contributed by atoms with Gasteiger partial charge in [-0.25, -0.2) is 0 Å². The van der Waals surface area contributed by atoms with E-state index in [9.17, 15) is 4.79 Å². The van der Waals surface area contributed by atoms with Crippen molar-refractivity contribution in [2.24, 2.45) is 0 Å². The Balaban J connectivity index is 3.71. The van der Waals surface area contributed by atoms with Crippen LogP contribution in [-0.2, 0) is 4.79 Å². The molecule has 0 saturated carbocycles. The molecule has 0 aromatic rings. The van der Waals surface area contributed by atoms with Gasteiger partial charge < -0.3 is 14.7 Å². The van der Waals surface area contributed by atoms with Crippen molar-refractivity contribution in [1.82, 2.24) is 14.7 Å². The number of carbonyl (C=O) groups excluding carboxylic acids is 1. The Labute approximate surface area is 196 Å². The first-order valence-corrected chi connectivity index (χ1v) is 13.5. The molecule has 0 N–H and O–H groups in total. The van der Waals surface area contributed by atoms with E-state index in [4.69, 9.17) is 0 Å². The summed E-state index contributed by atoms with van der Waals surface area (Å²) in [5.41, 5.74) is 0. The summed E-state index contributed by atoms with van der Waals surface area (Å²) in [5.74, 6) is 0.372. The van der Waals surface area contributed by atoms with Gasteiger partial charge in [0.2, 0.25) is 5.91 Å². The normalized spacial score (nSPS) is 11.6. The maximum Gasteiger partial charge on any atom is 0.222 e. The first-order chi connectivity index (χ1) is 15.0. The summed E-state index contributed by atoms with van der Waals surface area (Å²) in [6, 6.07) is 0. The van der Waals surface area contributed by atoms with Crippen LogP contribution in [0.2, 0.25) is 0 Å². The molecule has 0 unspecified atom stereocenters. The summed E-state index contributed by atoms with van der Waals surface area (Å²) in [6.07, 6.45) is 21.9. The molecule has 0 saturated heterocycles. The molecule has 0 atom stereocenters. The van der Waals surface area contributed by atoms with E-state index in [2.05, 4.69) is 49.8 Å². The Hall–Kier alpha value is -0.610. The zero-order chi connectivity index (χ0) is 23.2. The van der Waals surface area contributed by atoms with Crippen LogP contribution in [0.1, 0.15) is 116 Å². The molecule has 0 spiro atoms. The minimum absolute atomic E-state index is 0.372. The molecule has 1 amide bonds. The van der Waals surface area contributed by atoms with Crippen molar-refractivity contribution in [1.29, 1.82) is 0 Å². The fourth-order valence-corrected chi connectivity index (χ4v) is 4.15. The molecule has 0 heterocycles. The quantitative estimate of drug-likeness (QED) is 0.168. The highest BCUT2D eigenvalue weighted by atomic mass is 16.2. The third-order valence-corrected chi connectivity index (χ3v) is 6.16. The van der Waals surface area contributed by atoms with Crippen molar-refractivity contribution in [2.45, 2.75) is 116 Å². The van der Waals surface area contributed by atoms with Crippen LogP contribution >= 0.6 is 0 Å². The van der Waals surface area contributed by atoms with E-state index in [1.165, 1.54) is 83.5 Å². The molecule has 0 aromatic carbocycles. The first-order valence-electron chi connectivity index (χ1n) is 13.5. The van der Waals surface area contributed by atoms with Gasteiger partial charge in [0, 0.05) is 19.5 Å². The monoisotopic (exact) mass is 439 g/mol. The maximum atomic E-state index is 12.7. The highest BCUT2D eigenvalue weighted by Crippen LogP contribution is 2.14. The largest absolute Gasteiger partial charge is 0.343 e. The van der Waals surface area contributed by atoms with Crippen LogP contribution in [0.25, 0.3) is 0 Å². The van der Waals surface area contributed by atoms with E-state index in [1.807, 2.05) is 0 Å². The second kappa shape index (κ2) is 22.6. The summed E-state index contributed by atoms with van der Waals surface area (Å²) in [5, 5.41) is 0. The van der Waals surface area contributed by atoms with E-state index in [0.29, 0.717) is 5.91 Å². The maximum absolute atomic E-state index is 12.7. The lowest BCUT2D eigenvalue weighted by Crippen LogP contribution is -2.35. The number of carbonyl (C=O) groups is 1. The van der Waals surface area contributed by atoms with Gasteiger partial charge in [0.25, 0.3) is 0 Å². The third kappa shape index (κ3) is 22.4. The molecule has 0 aliphatic heterocycles.